The molecule has 0 aromatic heterocycles. The van der Waals surface area contributed by atoms with Crippen molar-refractivity contribution in [1.29, 1.82) is 0 Å². The van der Waals surface area contributed by atoms with E-state index in [1.165, 1.54) is 24.1 Å². The SMILES string of the molecule is CCOc1cc(N(Cc2ccccc2)C2CC2)ccc1N. The number of rotatable bonds is 6. The summed E-state index contributed by atoms with van der Waals surface area (Å²) < 4.78 is 5.63. The molecular formula is C18H22N2O. The van der Waals surface area contributed by atoms with E-state index in [0.717, 1.165) is 12.3 Å². The second-order valence-electron chi connectivity index (χ2n) is 5.50. The van der Waals surface area contributed by atoms with Gasteiger partial charge in [0.2, 0.25) is 0 Å². The summed E-state index contributed by atoms with van der Waals surface area (Å²) in [6.07, 6.45) is 2.53. The number of nitrogens with zero attached hydrogens (tertiary/aromatic N) is 1. The van der Waals surface area contributed by atoms with E-state index < -0.39 is 0 Å². The Morgan fingerprint density at radius 1 is 1.14 bits per heavy atom. The average Bonchev–Trinajstić information content (AvgIpc) is 3.33. The average molecular weight is 282 g/mol. The molecule has 0 radical (unpaired) electrons. The molecule has 2 aromatic carbocycles. The zero-order valence-corrected chi connectivity index (χ0v) is 12.5. The Bertz CT molecular complexity index is 593. The van der Waals surface area contributed by atoms with E-state index in [-0.39, 0.29) is 0 Å². The Kier molecular flexibility index (Phi) is 4.00. The molecular weight excluding hydrogens is 260 g/mol. The fourth-order valence-electron chi connectivity index (χ4n) is 2.58. The molecule has 1 saturated carbocycles. The van der Waals surface area contributed by atoms with Crippen molar-refractivity contribution < 1.29 is 4.74 Å². The summed E-state index contributed by atoms with van der Waals surface area (Å²) in [5.74, 6) is 0.786. The molecule has 0 unspecified atom stereocenters. The number of nitrogens with two attached hydrogens (primary N) is 1. The fourth-order valence-corrected chi connectivity index (χ4v) is 2.58. The Morgan fingerprint density at radius 3 is 2.57 bits per heavy atom. The van der Waals surface area contributed by atoms with Crippen LogP contribution in [0.1, 0.15) is 25.3 Å². The van der Waals surface area contributed by atoms with Crippen LogP contribution in [0.2, 0.25) is 0 Å². The smallest absolute Gasteiger partial charge is 0.144 e. The molecule has 2 aromatic rings. The summed E-state index contributed by atoms with van der Waals surface area (Å²) in [6.45, 7) is 3.55. The summed E-state index contributed by atoms with van der Waals surface area (Å²) in [7, 11) is 0. The van der Waals surface area contributed by atoms with Gasteiger partial charge in [-0.05, 0) is 37.5 Å². The van der Waals surface area contributed by atoms with E-state index in [1.54, 1.807) is 0 Å². The highest BCUT2D eigenvalue weighted by Gasteiger charge is 2.29. The van der Waals surface area contributed by atoms with E-state index in [1.807, 2.05) is 13.0 Å². The van der Waals surface area contributed by atoms with Crippen LogP contribution in [0.5, 0.6) is 5.75 Å². The lowest BCUT2D eigenvalue weighted by Crippen LogP contribution is -2.25. The van der Waals surface area contributed by atoms with Gasteiger partial charge < -0.3 is 15.4 Å². The first-order valence-corrected chi connectivity index (χ1v) is 7.61. The topological polar surface area (TPSA) is 38.5 Å². The zero-order chi connectivity index (χ0) is 14.7. The van der Waals surface area contributed by atoms with Crippen molar-refractivity contribution in [3.63, 3.8) is 0 Å². The highest BCUT2D eigenvalue weighted by molar-refractivity contribution is 5.63. The van der Waals surface area contributed by atoms with Crippen LogP contribution in [0.25, 0.3) is 0 Å². The third-order valence-electron chi connectivity index (χ3n) is 3.81. The lowest BCUT2D eigenvalue weighted by molar-refractivity contribution is 0.342. The van der Waals surface area contributed by atoms with Crippen molar-refractivity contribution >= 4 is 11.4 Å². The highest BCUT2D eigenvalue weighted by Crippen LogP contribution is 2.36. The molecule has 1 aliphatic carbocycles. The second kappa shape index (κ2) is 6.08. The van der Waals surface area contributed by atoms with Crippen LogP contribution in [-0.4, -0.2) is 12.6 Å². The normalized spacial score (nSPS) is 14.0. The van der Waals surface area contributed by atoms with Crippen molar-refractivity contribution in [3.8, 4) is 5.75 Å². The van der Waals surface area contributed by atoms with E-state index in [0.29, 0.717) is 18.3 Å². The first-order valence-electron chi connectivity index (χ1n) is 7.61. The van der Waals surface area contributed by atoms with Gasteiger partial charge in [0.15, 0.2) is 0 Å². The molecule has 0 bridgehead atoms. The first-order chi connectivity index (χ1) is 10.3. The minimum absolute atomic E-state index is 0.635. The number of nitrogen functional groups attached to an aromatic ring is 1. The molecule has 3 heteroatoms. The van der Waals surface area contributed by atoms with Gasteiger partial charge >= 0.3 is 0 Å². The van der Waals surface area contributed by atoms with Crippen LogP contribution in [0.4, 0.5) is 11.4 Å². The van der Waals surface area contributed by atoms with Crippen molar-refractivity contribution in [2.24, 2.45) is 0 Å². The minimum atomic E-state index is 0.635. The molecule has 0 heterocycles. The maximum atomic E-state index is 5.98. The van der Waals surface area contributed by atoms with Crippen LogP contribution < -0.4 is 15.4 Å². The summed E-state index contributed by atoms with van der Waals surface area (Å²) in [5.41, 5.74) is 9.21. The van der Waals surface area contributed by atoms with Crippen LogP contribution in [0, 0.1) is 0 Å². The predicted octanol–water partition coefficient (Wildman–Crippen LogP) is 3.84. The van der Waals surface area contributed by atoms with E-state index in [4.69, 9.17) is 10.5 Å². The molecule has 1 aliphatic rings. The highest BCUT2D eigenvalue weighted by atomic mass is 16.5. The molecule has 2 N–H and O–H groups in total. The van der Waals surface area contributed by atoms with E-state index in [9.17, 15) is 0 Å². The maximum Gasteiger partial charge on any atom is 0.144 e. The number of benzene rings is 2. The summed E-state index contributed by atoms with van der Waals surface area (Å²) in [4.78, 5) is 2.46. The monoisotopic (exact) mass is 282 g/mol. The van der Waals surface area contributed by atoms with Crippen LogP contribution in [0.3, 0.4) is 0 Å². The minimum Gasteiger partial charge on any atom is -0.492 e. The van der Waals surface area contributed by atoms with Gasteiger partial charge in [0, 0.05) is 24.3 Å². The lowest BCUT2D eigenvalue weighted by Gasteiger charge is -2.25. The number of anilines is 2. The zero-order valence-electron chi connectivity index (χ0n) is 12.5. The van der Waals surface area contributed by atoms with Crippen molar-refractivity contribution in [2.45, 2.75) is 32.4 Å². The van der Waals surface area contributed by atoms with E-state index >= 15 is 0 Å². The van der Waals surface area contributed by atoms with Gasteiger partial charge in [-0.3, -0.25) is 0 Å². The molecule has 0 atom stereocenters. The predicted molar refractivity (Wildman–Crippen MR) is 87.7 cm³/mol. The Labute approximate surface area is 126 Å². The molecule has 21 heavy (non-hydrogen) atoms. The van der Waals surface area contributed by atoms with Crippen LogP contribution in [-0.2, 0) is 6.54 Å². The van der Waals surface area contributed by atoms with Crippen molar-refractivity contribution in [3.05, 3.63) is 54.1 Å². The molecule has 0 saturated heterocycles. The standard InChI is InChI=1S/C18H22N2O/c1-2-21-18-12-16(10-11-17(18)19)20(15-8-9-15)13-14-6-4-3-5-7-14/h3-7,10-12,15H,2,8-9,13,19H2,1H3. The molecule has 0 amide bonds. The third kappa shape index (κ3) is 3.30. The van der Waals surface area contributed by atoms with Gasteiger partial charge in [-0.2, -0.15) is 0 Å². The summed E-state index contributed by atoms with van der Waals surface area (Å²) >= 11 is 0. The summed E-state index contributed by atoms with van der Waals surface area (Å²) in [5, 5.41) is 0. The Hall–Kier alpha value is -2.16. The van der Waals surface area contributed by atoms with Gasteiger partial charge in [-0.15, -0.1) is 0 Å². The van der Waals surface area contributed by atoms with E-state index in [2.05, 4.69) is 47.4 Å². The Morgan fingerprint density at radius 2 is 1.90 bits per heavy atom. The van der Waals surface area contributed by atoms with Gasteiger partial charge in [-0.25, -0.2) is 0 Å². The first kappa shape index (κ1) is 13.8. The van der Waals surface area contributed by atoms with Crippen molar-refractivity contribution in [2.75, 3.05) is 17.2 Å². The third-order valence-corrected chi connectivity index (χ3v) is 3.81. The molecule has 1 fully saturated rings. The van der Waals surface area contributed by atoms with Gasteiger partial charge in [0.1, 0.15) is 5.75 Å². The van der Waals surface area contributed by atoms with Crippen LogP contribution >= 0.6 is 0 Å². The lowest BCUT2D eigenvalue weighted by atomic mass is 10.2. The van der Waals surface area contributed by atoms with Gasteiger partial charge in [-0.1, -0.05) is 30.3 Å². The molecule has 0 aliphatic heterocycles. The number of hydrogen-bond acceptors (Lipinski definition) is 3. The Balaban J connectivity index is 1.85. The summed E-state index contributed by atoms with van der Waals surface area (Å²) in [6, 6.07) is 17.3. The van der Waals surface area contributed by atoms with Crippen LogP contribution in [0.15, 0.2) is 48.5 Å². The number of ether oxygens (including phenoxy) is 1. The largest absolute Gasteiger partial charge is 0.492 e. The van der Waals surface area contributed by atoms with Gasteiger partial charge in [0.05, 0.1) is 12.3 Å². The molecule has 0 spiro atoms. The van der Waals surface area contributed by atoms with Gasteiger partial charge in [0.25, 0.3) is 0 Å². The maximum absolute atomic E-state index is 5.98. The molecule has 110 valence electrons. The fraction of sp³-hybridized carbons (Fsp3) is 0.333. The second-order valence-corrected chi connectivity index (χ2v) is 5.50. The number of hydrogen-bond donors (Lipinski definition) is 1. The quantitative estimate of drug-likeness (QED) is 0.818. The van der Waals surface area contributed by atoms with Crippen molar-refractivity contribution in [1.82, 2.24) is 0 Å². The molecule has 3 rings (SSSR count). The molecule has 3 nitrogen and oxygen atoms in total.